The minimum absolute atomic E-state index is 0.0859. The van der Waals surface area contributed by atoms with Crippen molar-refractivity contribution in [1.29, 1.82) is 0 Å². The molecule has 0 saturated carbocycles. The highest BCUT2D eigenvalue weighted by Crippen LogP contribution is 2.25. The van der Waals surface area contributed by atoms with Gasteiger partial charge in [-0.15, -0.1) is 11.3 Å². The smallest absolute Gasteiger partial charge is 0.345 e. The van der Waals surface area contributed by atoms with E-state index in [1.807, 2.05) is 13.8 Å². The Bertz CT molecular complexity index is 762. The standard InChI is InChI=1S/C13H13NO4S2/c1-8-3-4-10(7-9(8)2)20(17,18)14-12-6-5-11(19-12)13(15)16/h3-7,14H,1-2H3,(H,15,16). The molecule has 0 atom stereocenters. The van der Waals surface area contributed by atoms with Crippen LogP contribution in [0.5, 0.6) is 0 Å². The number of carbonyl (C=O) groups is 1. The Balaban J connectivity index is 2.30. The van der Waals surface area contributed by atoms with Crippen LogP contribution in [-0.2, 0) is 10.0 Å². The van der Waals surface area contributed by atoms with E-state index in [-0.39, 0.29) is 14.8 Å². The number of nitrogens with one attached hydrogen (secondary N) is 1. The van der Waals surface area contributed by atoms with Crippen molar-refractivity contribution in [3.05, 3.63) is 46.3 Å². The van der Waals surface area contributed by atoms with E-state index in [0.717, 1.165) is 22.5 Å². The molecule has 0 radical (unpaired) electrons. The number of hydrogen-bond acceptors (Lipinski definition) is 4. The van der Waals surface area contributed by atoms with Crippen LogP contribution in [-0.4, -0.2) is 19.5 Å². The molecule has 0 aliphatic carbocycles. The summed E-state index contributed by atoms with van der Waals surface area (Å²) in [6.45, 7) is 3.74. The normalized spacial score (nSPS) is 11.3. The Morgan fingerprint density at radius 1 is 1.15 bits per heavy atom. The molecule has 0 saturated heterocycles. The van der Waals surface area contributed by atoms with E-state index >= 15 is 0 Å². The molecule has 2 aromatic rings. The van der Waals surface area contributed by atoms with E-state index < -0.39 is 16.0 Å². The van der Waals surface area contributed by atoms with E-state index in [1.54, 1.807) is 12.1 Å². The quantitative estimate of drug-likeness (QED) is 0.909. The molecular formula is C13H13NO4S2. The lowest BCUT2D eigenvalue weighted by atomic mass is 10.1. The fourth-order valence-corrected chi connectivity index (χ4v) is 3.70. The third-order valence-electron chi connectivity index (χ3n) is 2.84. The minimum atomic E-state index is -3.70. The van der Waals surface area contributed by atoms with Crippen LogP contribution in [0.1, 0.15) is 20.8 Å². The lowest BCUT2D eigenvalue weighted by Gasteiger charge is -2.08. The second-order valence-corrected chi connectivity index (χ2v) is 7.09. The average molecular weight is 311 g/mol. The first-order valence-electron chi connectivity index (χ1n) is 5.73. The van der Waals surface area contributed by atoms with Crippen molar-refractivity contribution in [3.63, 3.8) is 0 Å². The van der Waals surface area contributed by atoms with Crippen molar-refractivity contribution in [1.82, 2.24) is 0 Å². The number of thiophene rings is 1. The summed E-state index contributed by atoms with van der Waals surface area (Å²) in [5.41, 5.74) is 1.89. The van der Waals surface area contributed by atoms with Gasteiger partial charge in [-0.25, -0.2) is 13.2 Å². The monoisotopic (exact) mass is 311 g/mol. The molecule has 2 N–H and O–H groups in total. The predicted octanol–water partition coefficient (Wildman–Crippen LogP) is 2.86. The van der Waals surface area contributed by atoms with Crippen molar-refractivity contribution in [2.75, 3.05) is 4.72 Å². The summed E-state index contributed by atoms with van der Waals surface area (Å²) >= 11 is 0.880. The van der Waals surface area contributed by atoms with Gasteiger partial charge in [0.2, 0.25) is 0 Å². The summed E-state index contributed by atoms with van der Waals surface area (Å²) in [7, 11) is -3.70. The van der Waals surface area contributed by atoms with Gasteiger partial charge in [-0.2, -0.15) is 0 Å². The number of anilines is 1. The largest absolute Gasteiger partial charge is 0.477 e. The first-order chi connectivity index (χ1) is 9.29. The molecule has 0 unspecified atom stereocenters. The van der Waals surface area contributed by atoms with E-state index in [9.17, 15) is 13.2 Å². The summed E-state index contributed by atoms with van der Waals surface area (Å²) < 4.78 is 26.8. The molecule has 1 aromatic carbocycles. The van der Waals surface area contributed by atoms with Crippen LogP contribution in [0.15, 0.2) is 35.2 Å². The SMILES string of the molecule is Cc1ccc(S(=O)(=O)Nc2ccc(C(=O)O)s2)cc1C. The van der Waals surface area contributed by atoms with Gasteiger partial charge >= 0.3 is 5.97 Å². The molecule has 0 aliphatic rings. The predicted molar refractivity (Wildman–Crippen MR) is 78.0 cm³/mol. The number of hydrogen-bond donors (Lipinski definition) is 2. The average Bonchev–Trinajstić information content (AvgIpc) is 2.80. The van der Waals surface area contributed by atoms with Crippen molar-refractivity contribution in [2.45, 2.75) is 18.7 Å². The topological polar surface area (TPSA) is 83.5 Å². The number of aryl methyl sites for hydroxylation is 2. The zero-order valence-electron chi connectivity index (χ0n) is 10.9. The molecule has 0 fully saturated rings. The summed E-state index contributed by atoms with van der Waals surface area (Å²) in [5.74, 6) is -1.08. The molecule has 0 bridgehead atoms. The van der Waals surface area contributed by atoms with Gasteiger partial charge in [0.05, 0.1) is 4.90 Å². The van der Waals surface area contributed by atoms with Crippen molar-refractivity contribution in [3.8, 4) is 0 Å². The van der Waals surface area contributed by atoms with Gasteiger partial charge in [0.1, 0.15) is 9.88 Å². The summed E-state index contributed by atoms with van der Waals surface area (Å²) in [6, 6.07) is 7.65. The highest BCUT2D eigenvalue weighted by molar-refractivity contribution is 7.93. The van der Waals surface area contributed by atoms with Crippen molar-refractivity contribution >= 4 is 32.3 Å². The van der Waals surface area contributed by atoms with Crippen molar-refractivity contribution < 1.29 is 18.3 Å². The Morgan fingerprint density at radius 2 is 1.85 bits per heavy atom. The van der Waals surface area contributed by atoms with Gasteiger partial charge in [-0.3, -0.25) is 4.72 Å². The van der Waals surface area contributed by atoms with E-state index in [1.165, 1.54) is 18.2 Å². The number of sulfonamides is 1. The summed E-state index contributed by atoms with van der Waals surface area (Å²) in [4.78, 5) is 11.0. The molecule has 1 heterocycles. The van der Waals surface area contributed by atoms with Crippen LogP contribution in [0.25, 0.3) is 0 Å². The molecule has 5 nitrogen and oxygen atoms in total. The van der Waals surface area contributed by atoms with Crippen LogP contribution in [0.2, 0.25) is 0 Å². The van der Waals surface area contributed by atoms with Crippen LogP contribution in [0.4, 0.5) is 5.00 Å². The number of aromatic carboxylic acids is 1. The van der Waals surface area contributed by atoms with Gasteiger partial charge in [0.15, 0.2) is 0 Å². The lowest BCUT2D eigenvalue weighted by molar-refractivity contribution is 0.0702. The molecule has 0 amide bonds. The molecule has 20 heavy (non-hydrogen) atoms. The molecule has 106 valence electrons. The van der Waals surface area contributed by atoms with Gasteiger partial charge < -0.3 is 5.11 Å². The maximum Gasteiger partial charge on any atom is 0.345 e. The van der Waals surface area contributed by atoms with Gasteiger partial charge in [0.25, 0.3) is 10.0 Å². The Kier molecular flexibility index (Phi) is 3.82. The summed E-state index contributed by atoms with van der Waals surface area (Å²) in [5, 5.41) is 9.09. The third-order valence-corrected chi connectivity index (χ3v) is 5.32. The maximum absolute atomic E-state index is 12.2. The molecule has 7 heteroatoms. The highest BCUT2D eigenvalue weighted by atomic mass is 32.2. The fourth-order valence-electron chi connectivity index (χ4n) is 1.58. The van der Waals surface area contributed by atoms with Crippen LogP contribution < -0.4 is 4.72 Å². The zero-order chi connectivity index (χ0) is 14.9. The molecule has 0 aliphatic heterocycles. The zero-order valence-corrected chi connectivity index (χ0v) is 12.5. The number of carboxylic acids is 1. The van der Waals surface area contributed by atoms with Gasteiger partial charge in [0, 0.05) is 0 Å². The van der Waals surface area contributed by atoms with E-state index in [0.29, 0.717) is 0 Å². The number of benzene rings is 1. The number of carboxylic acid groups (broad SMARTS) is 1. The van der Waals surface area contributed by atoms with Crippen LogP contribution in [0, 0.1) is 13.8 Å². The van der Waals surface area contributed by atoms with Crippen LogP contribution in [0.3, 0.4) is 0 Å². The van der Waals surface area contributed by atoms with E-state index in [2.05, 4.69) is 4.72 Å². The Hall–Kier alpha value is -1.86. The minimum Gasteiger partial charge on any atom is -0.477 e. The molecule has 0 spiro atoms. The lowest BCUT2D eigenvalue weighted by Crippen LogP contribution is -2.12. The van der Waals surface area contributed by atoms with Crippen LogP contribution >= 0.6 is 11.3 Å². The van der Waals surface area contributed by atoms with E-state index in [4.69, 9.17) is 5.11 Å². The Morgan fingerprint density at radius 3 is 2.40 bits per heavy atom. The highest BCUT2D eigenvalue weighted by Gasteiger charge is 2.17. The van der Waals surface area contributed by atoms with Gasteiger partial charge in [-0.1, -0.05) is 6.07 Å². The molecule has 1 aromatic heterocycles. The van der Waals surface area contributed by atoms with Crippen molar-refractivity contribution in [2.24, 2.45) is 0 Å². The second kappa shape index (κ2) is 5.26. The first-order valence-corrected chi connectivity index (χ1v) is 8.03. The fraction of sp³-hybridized carbons (Fsp3) is 0.154. The number of rotatable bonds is 4. The molecule has 2 rings (SSSR count). The van der Waals surface area contributed by atoms with Gasteiger partial charge in [-0.05, 0) is 49.2 Å². The molecular weight excluding hydrogens is 298 g/mol. The maximum atomic E-state index is 12.2. The summed E-state index contributed by atoms with van der Waals surface area (Å²) in [6.07, 6.45) is 0. The third kappa shape index (κ3) is 3.00. The first kappa shape index (κ1) is 14.5. The second-order valence-electron chi connectivity index (χ2n) is 4.32. The Labute approximate surface area is 120 Å².